The van der Waals surface area contributed by atoms with E-state index in [-0.39, 0.29) is 30.7 Å². The Morgan fingerprint density at radius 1 is 1.03 bits per heavy atom. The lowest BCUT2D eigenvalue weighted by Crippen LogP contribution is -2.43. The van der Waals surface area contributed by atoms with Crippen molar-refractivity contribution in [3.05, 3.63) is 75.0 Å². The topological polar surface area (TPSA) is 85.4 Å². The Morgan fingerprint density at radius 3 is 2.45 bits per heavy atom. The number of methoxy groups -OCH3 is 1. The average Bonchev–Trinajstić information content (AvgIpc) is 3.54. The van der Waals surface area contributed by atoms with Gasteiger partial charge in [-0.25, -0.2) is 8.42 Å². The van der Waals surface area contributed by atoms with E-state index >= 15 is 0 Å². The molecule has 10 heteroatoms. The minimum atomic E-state index is -3.93. The second-order valence-corrected chi connectivity index (χ2v) is 12.3. The third kappa shape index (κ3) is 6.55. The lowest BCUT2D eigenvalue weighted by atomic mass is 10.1. The van der Waals surface area contributed by atoms with Crippen molar-refractivity contribution in [3.8, 4) is 11.5 Å². The van der Waals surface area contributed by atoms with Crippen LogP contribution in [0.1, 0.15) is 33.6 Å². The second-order valence-electron chi connectivity index (χ2n) is 9.43. The van der Waals surface area contributed by atoms with Crippen LogP contribution in [0.4, 0.5) is 0 Å². The fourth-order valence-corrected chi connectivity index (χ4v) is 7.26. The number of ether oxygens (including phenoxy) is 3. The zero-order valence-corrected chi connectivity index (χ0v) is 23.9. The van der Waals surface area contributed by atoms with Crippen LogP contribution in [0.3, 0.4) is 0 Å². The molecule has 0 unspecified atom stereocenters. The van der Waals surface area contributed by atoms with Gasteiger partial charge in [-0.3, -0.25) is 4.79 Å². The maximum Gasteiger partial charge on any atom is 0.244 e. The fraction of sp³-hybridized carbons (Fsp3) is 0.393. The SMILES string of the molecule is COCCCN(CC(=O)N(Cc1ccc2c(c1)OCO2)Cc1cccs1)S(=O)(=O)c1c(C)cc(C)cc1C. The maximum absolute atomic E-state index is 13.9. The molecule has 1 aromatic heterocycles. The summed E-state index contributed by atoms with van der Waals surface area (Å²) in [7, 11) is -2.36. The van der Waals surface area contributed by atoms with Crippen LogP contribution in [0.25, 0.3) is 0 Å². The maximum atomic E-state index is 13.9. The van der Waals surface area contributed by atoms with Crippen LogP contribution in [-0.4, -0.2) is 57.1 Å². The van der Waals surface area contributed by atoms with Crippen molar-refractivity contribution in [3.63, 3.8) is 0 Å². The first-order valence-electron chi connectivity index (χ1n) is 12.4. The molecule has 3 aromatic rings. The minimum absolute atomic E-state index is 0.169. The molecule has 0 saturated carbocycles. The Morgan fingerprint density at radius 2 is 1.76 bits per heavy atom. The van der Waals surface area contributed by atoms with Gasteiger partial charge in [0.1, 0.15) is 0 Å². The molecule has 0 saturated heterocycles. The minimum Gasteiger partial charge on any atom is -0.454 e. The van der Waals surface area contributed by atoms with E-state index in [4.69, 9.17) is 14.2 Å². The summed E-state index contributed by atoms with van der Waals surface area (Å²) in [6.45, 7) is 6.68. The van der Waals surface area contributed by atoms with Crippen molar-refractivity contribution in [1.29, 1.82) is 0 Å². The van der Waals surface area contributed by atoms with E-state index in [1.165, 1.54) is 4.31 Å². The number of hydrogen-bond donors (Lipinski definition) is 0. The highest BCUT2D eigenvalue weighted by Crippen LogP contribution is 2.33. The van der Waals surface area contributed by atoms with Crippen LogP contribution < -0.4 is 9.47 Å². The van der Waals surface area contributed by atoms with E-state index in [1.807, 2.05) is 54.8 Å². The van der Waals surface area contributed by atoms with Gasteiger partial charge in [0.05, 0.1) is 18.0 Å². The number of thiophene rings is 1. The summed E-state index contributed by atoms with van der Waals surface area (Å²) in [4.78, 5) is 16.8. The normalized spacial score (nSPS) is 12.8. The number of nitrogens with zero attached hydrogens (tertiary/aromatic N) is 2. The summed E-state index contributed by atoms with van der Waals surface area (Å²) >= 11 is 1.56. The summed E-state index contributed by atoms with van der Waals surface area (Å²) < 4.78 is 45.2. The van der Waals surface area contributed by atoms with E-state index in [9.17, 15) is 13.2 Å². The molecule has 0 aliphatic carbocycles. The summed E-state index contributed by atoms with van der Waals surface area (Å²) in [5, 5.41) is 1.96. The molecule has 0 spiro atoms. The van der Waals surface area contributed by atoms with Crippen molar-refractivity contribution < 1.29 is 27.4 Å². The molecule has 1 aliphatic rings. The molecule has 0 bridgehead atoms. The Bertz CT molecular complexity index is 1350. The number of hydrogen-bond acceptors (Lipinski definition) is 7. The van der Waals surface area contributed by atoms with Gasteiger partial charge in [0, 0.05) is 31.7 Å². The number of benzene rings is 2. The van der Waals surface area contributed by atoms with E-state index in [2.05, 4.69) is 0 Å². The molecule has 1 amide bonds. The van der Waals surface area contributed by atoms with E-state index in [1.54, 1.807) is 37.2 Å². The van der Waals surface area contributed by atoms with E-state index < -0.39 is 10.0 Å². The highest BCUT2D eigenvalue weighted by atomic mass is 32.2. The first kappa shape index (κ1) is 28.1. The second kappa shape index (κ2) is 12.3. The van der Waals surface area contributed by atoms with Crippen molar-refractivity contribution in [1.82, 2.24) is 9.21 Å². The van der Waals surface area contributed by atoms with Crippen molar-refractivity contribution in [2.24, 2.45) is 0 Å². The van der Waals surface area contributed by atoms with Gasteiger partial charge < -0.3 is 19.1 Å². The van der Waals surface area contributed by atoms with Crippen LogP contribution in [-0.2, 0) is 32.6 Å². The zero-order valence-electron chi connectivity index (χ0n) is 22.2. The molecule has 0 atom stereocenters. The monoisotopic (exact) mass is 558 g/mol. The molecule has 1 aliphatic heterocycles. The molecule has 0 fully saturated rings. The number of amides is 1. The molecule has 4 rings (SSSR count). The van der Waals surface area contributed by atoms with Crippen LogP contribution in [0.15, 0.2) is 52.7 Å². The standard InChI is InChI=1S/C28H34N2O6S2/c1-20-13-21(2)28(22(3)14-20)38(32,33)30(10-6-11-34-4)18-27(31)29(17-24-7-5-12-37-24)16-23-8-9-25-26(15-23)36-19-35-25/h5,7-9,12-15H,6,10-11,16-19H2,1-4H3. The Labute approximate surface area is 228 Å². The quantitative estimate of drug-likeness (QED) is 0.301. The third-order valence-electron chi connectivity index (χ3n) is 6.36. The van der Waals surface area contributed by atoms with Gasteiger partial charge in [-0.15, -0.1) is 11.3 Å². The lowest BCUT2D eigenvalue weighted by molar-refractivity contribution is -0.132. The molecule has 2 heterocycles. The molecule has 2 aromatic carbocycles. The first-order chi connectivity index (χ1) is 18.2. The molecule has 0 radical (unpaired) electrons. The predicted octanol–water partition coefficient (Wildman–Crippen LogP) is 4.66. The molecular weight excluding hydrogens is 524 g/mol. The molecule has 204 valence electrons. The van der Waals surface area contributed by atoms with Crippen LogP contribution in [0.5, 0.6) is 11.5 Å². The van der Waals surface area contributed by atoms with Gasteiger partial charge in [-0.05, 0) is 67.5 Å². The Balaban J connectivity index is 1.62. The molecule has 38 heavy (non-hydrogen) atoms. The van der Waals surface area contributed by atoms with Gasteiger partial charge >= 0.3 is 0 Å². The zero-order chi connectivity index (χ0) is 27.3. The smallest absolute Gasteiger partial charge is 0.244 e. The van der Waals surface area contributed by atoms with Crippen LogP contribution in [0, 0.1) is 20.8 Å². The molecule has 0 N–H and O–H groups in total. The third-order valence-corrected chi connectivity index (χ3v) is 9.37. The first-order valence-corrected chi connectivity index (χ1v) is 14.8. The fourth-order valence-electron chi connectivity index (χ4n) is 4.71. The summed E-state index contributed by atoms with van der Waals surface area (Å²) in [6.07, 6.45) is 0.472. The predicted molar refractivity (Wildman–Crippen MR) is 147 cm³/mol. The summed E-state index contributed by atoms with van der Waals surface area (Å²) in [5.74, 6) is 1.03. The van der Waals surface area contributed by atoms with E-state index in [0.717, 1.165) is 16.0 Å². The number of aryl methyl sites for hydroxylation is 3. The van der Waals surface area contributed by atoms with Gasteiger partial charge in [0.15, 0.2) is 11.5 Å². The Kier molecular flexibility index (Phi) is 9.09. The van der Waals surface area contributed by atoms with Crippen molar-refractivity contribution in [2.75, 3.05) is 33.6 Å². The lowest BCUT2D eigenvalue weighted by Gasteiger charge is -2.28. The van der Waals surface area contributed by atoms with Crippen molar-refractivity contribution >= 4 is 27.3 Å². The Hall–Kier alpha value is -2.92. The largest absolute Gasteiger partial charge is 0.454 e. The van der Waals surface area contributed by atoms with Crippen LogP contribution in [0.2, 0.25) is 0 Å². The molecular formula is C28H34N2O6S2. The number of fused-ring (bicyclic) bond motifs is 1. The highest BCUT2D eigenvalue weighted by molar-refractivity contribution is 7.89. The van der Waals surface area contributed by atoms with Gasteiger partial charge in [0.2, 0.25) is 22.7 Å². The number of carbonyl (C=O) groups is 1. The van der Waals surface area contributed by atoms with Gasteiger partial charge in [-0.2, -0.15) is 4.31 Å². The highest BCUT2D eigenvalue weighted by Gasteiger charge is 2.31. The van der Waals surface area contributed by atoms with E-state index in [0.29, 0.717) is 48.7 Å². The van der Waals surface area contributed by atoms with Gasteiger partial charge in [0.25, 0.3) is 0 Å². The van der Waals surface area contributed by atoms with Gasteiger partial charge in [-0.1, -0.05) is 29.8 Å². The summed E-state index contributed by atoms with van der Waals surface area (Å²) in [5.41, 5.74) is 3.20. The number of sulfonamides is 1. The summed E-state index contributed by atoms with van der Waals surface area (Å²) in [6, 6.07) is 13.2. The number of carbonyl (C=O) groups excluding carboxylic acids is 1. The van der Waals surface area contributed by atoms with Crippen LogP contribution >= 0.6 is 11.3 Å². The molecule has 8 nitrogen and oxygen atoms in total. The van der Waals surface area contributed by atoms with Crippen molar-refractivity contribution in [2.45, 2.75) is 45.2 Å². The average molecular weight is 559 g/mol. The number of rotatable bonds is 12.